The summed E-state index contributed by atoms with van der Waals surface area (Å²) < 4.78 is 0. The van der Waals surface area contributed by atoms with Crippen LogP contribution in [0.2, 0.25) is 0 Å². The molecule has 2 rings (SSSR count). The van der Waals surface area contributed by atoms with Gasteiger partial charge in [0.1, 0.15) is 0 Å². The van der Waals surface area contributed by atoms with Gasteiger partial charge in [0, 0.05) is 11.8 Å². The first-order chi connectivity index (χ1) is 7.57. The Balaban J connectivity index is 2.45. The maximum absolute atomic E-state index is 4.36. The van der Waals surface area contributed by atoms with Gasteiger partial charge in [-0.2, -0.15) is 0 Å². The molecule has 1 nitrogen and oxygen atoms in total. The van der Waals surface area contributed by atoms with Crippen molar-refractivity contribution >= 4 is 0 Å². The molecule has 1 heterocycles. The van der Waals surface area contributed by atoms with Crippen molar-refractivity contribution in [3.05, 3.63) is 54.2 Å². The lowest BCUT2D eigenvalue weighted by Gasteiger charge is -2.19. The first-order valence-electron chi connectivity index (χ1n) is 5.51. The van der Waals surface area contributed by atoms with Gasteiger partial charge in [-0.05, 0) is 35.2 Å². The molecule has 0 bridgehead atoms. The third-order valence-electron chi connectivity index (χ3n) is 2.57. The van der Waals surface area contributed by atoms with Gasteiger partial charge in [-0.15, -0.1) is 0 Å². The Morgan fingerprint density at radius 3 is 2.56 bits per heavy atom. The number of hydrogen-bond acceptors (Lipinski definition) is 1. The lowest BCUT2D eigenvalue weighted by molar-refractivity contribution is 0.589. The molecule has 1 heteroatoms. The fourth-order valence-corrected chi connectivity index (χ4v) is 1.59. The summed E-state index contributed by atoms with van der Waals surface area (Å²) in [6.45, 7) is 6.59. The molecular weight excluding hydrogens is 194 g/mol. The quantitative estimate of drug-likeness (QED) is 0.696. The molecule has 0 amide bonds. The molecule has 1 aromatic carbocycles. The average Bonchev–Trinajstić information content (AvgIpc) is 2.29. The number of pyridine rings is 1. The zero-order valence-electron chi connectivity index (χ0n) is 9.99. The summed E-state index contributed by atoms with van der Waals surface area (Å²) in [7, 11) is 0. The fourth-order valence-electron chi connectivity index (χ4n) is 1.59. The lowest BCUT2D eigenvalue weighted by Crippen LogP contribution is -2.11. The van der Waals surface area contributed by atoms with Gasteiger partial charge in [-0.1, -0.05) is 39.0 Å². The highest BCUT2D eigenvalue weighted by Crippen LogP contribution is 2.25. The second-order valence-corrected chi connectivity index (χ2v) is 4.96. The molecule has 0 unspecified atom stereocenters. The van der Waals surface area contributed by atoms with Crippen molar-refractivity contribution in [2.24, 2.45) is 0 Å². The van der Waals surface area contributed by atoms with Crippen molar-refractivity contribution in [1.82, 2.24) is 4.98 Å². The molecule has 0 saturated heterocycles. The SMILES string of the molecule is CC(C)(C)c1[c]ccc(-c2ccccn2)c1. The molecule has 0 spiro atoms. The van der Waals surface area contributed by atoms with Crippen molar-refractivity contribution in [2.45, 2.75) is 26.2 Å². The minimum absolute atomic E-state index is 0.130. The van der Waals surface area contributed by atoms with E-state index >= 15 is 0 Å². The summed E-state index contributed by atoms with van der Waals surface area (Å²) in [6.07, 6.45) is 1.82. The van der Waals surface area contributed by atoms with Crippen molar-refractivity contribution in [3.63, 3.8) is 0 Å². The Hall–Kier alpha value is -1.63. The molecule has 0 aliphatic rings. The van der Waals surface area contributed by atoms with E-state index in [0.29, 0.717) is 0 Å². The third kappa shape index (κ3) is 2.30. The van der Waals surface area contributed by atoms with Crippen LogP contribution in [-0.4, -0.2) is 4.98 Å². The standard InChI is InChI=1S/C15H16N/c1-15(2,3)13-8-6-7-12(11-13)14-9-4-5-10-16-14/h4-7,9-11H,1-3H3. The minimum atomic E-state index is 0.130. The second-order valence-electron chi connectivity index (χ2n) is 4.96. The van der Waals surface area contributed by atoms with Crippen molar-refractivity contribution in [1.29, 1.82) is 0 Å². The van der Waals surface area contributed by atoms with E-state index in [0.717, 1.165) is 11.3 Å². The van der Waals surface area contributed by atoms with Crippen LogP contribution in [0.25, 0.3) is 11.3 Å². The van der Waals surface area contributed by atoms with E-state index in [-0.39, 0.29) is 5.41 Å². The number of aromatic nitrogens is 1. The predicted molar refractivity (Wildman–Crippen MR) is 67.2 cm³/mol. The molecule has 0 N–H and O–H groups in total. The van der Waals surface area contributed by atoms with Gasteiger partial charge in [0.2, 0.25) is 0 Å². The highest BCUT2D eigenvalue weighted by molar-refractivity contribution is 5.60. The first-order valence-corrected chi connectivity index (χ1v) is 5.51. The van der Waals surface area contributed by atoms with Crippen LogP contribution in [0.15, 0.2) is 42.6 Å². The third-order valence-corrected chi connectivity index (χ3v) is 2.57. The first kappa shape index (κ1) is 10.9. The molecule has 0 aliphatic heterocycles. The molecule has 16 heavy (non-hydrogen) atoms. The van der Waals surface area contributed by atoms with Crippen LogP contribution in [0, 0.1) is 6.07 Å². The Kier molecular flexibility index (Phi) is 2.78. The molecule has 0 fully saturated rings. The maximum Gasteiger partial charge on any atom is 0.0702 e. The van der Waals surface area contributed by atoms with E-state index in [1.165, 1.54) is 5.56 Å². The topological polar surface area (TPSA) is 12.9 Å². The van der Waals surface area contributed by atoms with Crippen molar-refractivity contribution in [2.75, 3.05) is 0 Å². The predicted octanol–water partition coefficient (Wildman–Crippen LogP) is 3.85. The fraction of sp³-hybridized carbons (Fsp3) is 0.267. The molecule has 0 saturated carbocycles. The van der Waals surface area contributed by atoms with E-state index in [4.69, 9.17) is 0 Å². The van der Waals surface area contributed by atoms with Crippen LogP contribution in [0.1, 0.15) is 26.3 Å². The average molecular weight is 210 g/mol. The van der Waals surface area contributed by atoms with Crippen LogP contribution in [0.4, 0.5) is 0 Å². The van der Waals surface area contributed by atoms with Gasteiger partial charge in [0.25, 0.3) is 0 Å². The van der Waals surface area contributed by atoms with E-state index in [2.05, 4.69) is 44.0 Å². The zero-order chi connectivity index (χ0) is 11.6. The number of hydrogen-bond donors (Lipinski definition) is 0. The molecule has 2 aromatic rings. The van der Waals surface area contributed by atoms with Crippen LogP contribution in [0.5, 0.6) is 0 Å². The van der Waals surface area contributed by atoms with Crippen LogP contribution >= 0.6 is 0 Å². The van der Waals surface area contributed by atoms with Gasteiger partial charge in [-0.3, -0.25) is 4.98 Å². The van der Waals surface area contributed by atoms with Crippen LogP contribution < -0.4 is 0 Å². The normalized spacial score (nSPS) is 11.4. The Morgan fingerprint density at radius 1 is 1.12 bits per heavy atom. The van der Waals surface area contributed by atoms with Crippen LogP contribution in [-0.2, 0) is 5.41 Å². The Bertz CT molecular complexity index is 466. The highest BCUT2D eigenvalue weighted by Gasteiger charge is 2.14. The van der Waals surface area contributed by atoms with E-state index in [1.54, 1.807) is 0 Å². The van der Waals surface area contributed by atoms with Gasteiger partial charge in [0.15, 0.2) is 0 Å². The molecule has 0 aliphatic carbocycles. The summed E-state index contributed by atoms with van der Waals surface area (Å²) in [4.78, 5) is 4.36. The number of rotatable bonds is 1. The van der Waals surface area contributed by atoms with Crippen LogP contribution in [0.3, 0.4) is 0 Å². The van der Waals surface area contributed by atoms with Gasteiger partial charge in [0.05, 0.1) is 5.69 Å². The Morgan fingerprint density at radius 2 is 1.94 bits per heavy atom. The van der Waals surface area contributed by atoms with Crippen molar-refractivity contribution in [3.8, 4) is 11.3 Å². The molecule has 0 atom stereocenters. The largest absolute Gasteiger partial charge is 0.256 e. The highest BCUT2D eigenvalue weighted by atomic mass is 14.7. The van der Waals surface area contributed by atoms with Crippen molar-refractivity contribution < 1.29 is 0 Å². The summed E-state index contributed by atoms with van der Waals surface area (Å²) in [5.41, 5.74) is 3.52. The van der Waals surface area contributed by atoms with Gasteiger partial charge < -0.3 is 0 Å². The number of benzene rings is 1. The number of nitrogens with zero attached hydrogens (tertiary/aromatic N) is 1. The minimum Gasteiger partial charge on any atom is -0.256 e. The molecule has 1 radical (unpaired) electrons. The maximum atomic E-state index is 4.36. The molecular formula is C15H16N. The second kappa shape index (κ2) is 4.09. The Labute approximate surface area is 97.2 Å². The smallest absolute Gasteiger partial charge is 0.0702 e. The van der Waals surface area contributed by atoms with Gasteiger partial charge >= 0.3 is 0 Å². The van der Waals surface area contributed by atoms with E-state index in [9.17, 15) is 0 Å². The summed E-state index contributed by atoms with van der Waals surface area (Å²) in [5, 5.41) is 0. The van der Waals surface area contributed by atoms with Gasteiger partial charge in [-0.25, -0.2) is 0 Å². The zero-order valence-corrected chi connectivity index (χ0v) is 9.99. The lowest BCUT2D eigenvalue weighted by atomic mass is 9.86. The van der Waals surface area contributed by atoms with E-state index < -0.39 is 0 Å². The summed E-state index contributed by atoms with van der Waals surface area (Å²) >= 11 is 0. The molecule has 81 valence electrons. The van der Waals surface area contributed by atoms with E-state index in [1.807, 2.05) is 30.5 Å². The summed E-state index contributed by atoms with van der Waals surface area (Å²) in [5.74, 6) is 0. The monoisotopic (exact) mass is 210 g/mol. The summed E-state index contributed by atoms with van der Waals surface area (Å²) in [6, 6.07) is 15.5. The molecule has 1 aromatic heterocycles.